The summed E-state index contributed by atoms with van der Waals surface area (Å²) in [6.07, 6.45) is 0.870. The van der Waals surface area contributed by atoms with Gasteiger partial charge in [0.15, 0.2) is 5.13 Å². The lowest BCUT2D eigenvalue weighted by Gasteiger charge is -2.27. The molecule has 0 aliphatic carbocycles. The van der Waals surface area contributed by atoms with E-state index in [2.05, 4.69) is 20.8 Å². The molecule has 0 radical (unpaired) electrons. The van der Waals surface area contributed by atoms with Crippen LogP contribution in [0.3, 0.4) is 0 Å². The summed E-state index contributed by atoms with van der Waals surface area (Å²) in [6, 6.07) is 13.3. The second-order valence-corrected chi connectivity index (χ2v) is 8.94. The predicted octanol–water partition coefficient (Wildman–Crippen LogP) is 4.86. The number of hydrogen-bond acceptors (Lipinski definition) is 6. The number of rotatable bonds is 7. The topological polar surface area (TPSA) is 54.9 Å². The Kier molecular flexibility index (Phi) is 8.68. The molecular weight excluding hydrogens is 502 g/mol. The second-order valence-electron chi connectivity index (χ2n) is 7.07. The second kappa shape index (κ2) is 11.2. The number of morpholine rings is 1. The highest BCUT2D eigenvalue weighted by atomic mass is 79.9. The SMILES string of the molecule is COc1ccc2sc(N(CCCN3CCOCC3)C(=O)c3ccccc3Br)nc2c1.Cl. The van der Waals surface area contributed by atoms with E-state index in [4.69, 9.17) is 14.5 Å². The van der Waals surface area contributed by atoms with Gasteiger partial charge in [0.25, 0.3) is 5.91 Å². The van der Waals surface area contributed by atoms with Crippen LogP contribution in [-0.2, 0) is 4.74 Å². The number of ether oxygens (including phenoxy) is 2. The van der Waals surface area contributed by atoms with Crippen molar-refractivity contribution in [1.29, 1.82) is 0 Å². The molecule has 0 bridgehead atoms. The summed E-state index contributed by atoms with van der Waals surface area (Å²) in [7, 11) is 1.64. The monoisotopic (exact) mass is 525 g/mol. The van der Waals surface area contributed by atoms with Crippen LogP contribution in [0, 0.1) is 0 Å². The van der Waals surface area contributed by atoms with Crippen molar-refractivity contribution in [3.8, 4) is 5.75 Å². The smallest absolute Gasteiger partial charge is 0.261 e. The molecule has 3 aromatic rings. The molecule has 4 rings (SSSR count). The van der Waals surface area contributed by atoms with Gasteiger partial charge < -0.3 is 9.47 Å². The first-order valence-electron chi connectivity index (χ1n) is 9.97. The lowest BCUT2D eigenvalue weighted by molar-refractivity contribution is 0.0376. The molecule has 0 spiro atoms. The van der Waals surface area contributed by atoms with Crippen LogP contribution in [-0.4, -0.2) is 62.3 Å². The molecule has 9 heteroatoms. The maximum absolute atomic E-state index is 13.5. The third kappa shape index (κ3) is 5.75. The summed E-state index contributed by atoms with van der Waals surface area (Å²) >= 11 is 5.05. The maximum Gasteiger partial charge on any atom is 0.261 e. The highest BCUT2D eigenvalue weighted by Gasteiger charge is 2.23. The van der Waals surface area contributed by atoms with Crippen molar-refractivity contribution >= 4 is 60.9 Å². The molecular formula is C22H25BrClN3O3S. The molecule has 1 fully saturated rings. The van der Waals surface area contributed by atoms with Gasteiger partial charge in [-0.05, 0) is 46.6 Å². The van der Waals surface area contributed by atoms with Gasteiger partial charge in [0.2, 0.25) is 0 Å². The molecule has 0 saturated carbocycles. The van der Waals surface area contributed by atoms with E-state index >= 15 is 0 Å². The van der Waals surface area contributed by atoms with Crippen molar-refractivity contribution in [3.05, 3.63) is 52.5 Å². The quantitative estimate of drug-likeness (QED) is 0.440. The summed E-state index contributed by atoms with van der Waals surface area (Å²) < 4.78 is 12.6. The fourth-order valence-electron chi connectivity index (χ4n) is 3.48. The minimum atomic E-state index is -0.0459. The number of carbonyl (C=O) groups excluding carboxylic acids is 1. The molecule has 0 N–H and O–H groups in total. The Bertz CT molecular complexity index is 1030. The lowest BCUT2D eigenvalue weighted by atomic mass is 10.2. The molecule has 1 aliphatic heterocycles. The number of anilines is 1. The molecule has 166 valence electrons. The fourth-order valence-corrected chi connectivity index (χ4v) is 4.90. The number of fused-ring (bicyclic) bond motifs is 1. The zero-order chi connectivity index (χ0) is 20.9. The van der Waals surface area contributed by atoms with Crippen molar-refractivity contribution < 1.29 is 14.3 Å². The zero-order valence-corrected chi connectivity index (χ0v) is 20.5. The van der Waals surface area contributed by atoms with Crippen molar-refractivity contribution in [2.75, 3.05) is 51.4 Å². The first-order chi connectivity index (χ1) is 14.7. The van der Waals surface area contributed by atoms with Crippen LogP contribution in [0.25, 0.3) is 10.2 Å². The molecule has 0 unspecified atom stereocenters. The Morgan fingerprint density at radius 1 is 1.26 bits per heavy atom. The number of nitrogens with zero attached hydrogens (tertiary/aromatic N) is 3. The normalized spacial score (nSPS) is 14.3. The van der Waals surface area contributed by atoms with E-state index in [9.17, 15) is 4.79 Å². The number of aromatic nitrogens is 1. The van der Waals surface area contributed by atoms with Crippen LogP contribution in [0.2, 0.25) is 0 Å². The molecule has 2 aromatic carbocycles. The van der Waals surface area contributed by atoms with Gasteiger partial charge in [0.1, 0.15) is 5.75 Å². The van der Waals surface area contributed by atoms with Crippen LogP contribution in [0.15, 0.2) is 46.9 Å². The van der Waals surface area contributed by atoms with Crippen molar-refractivity contribution in [2.24, 2.45) is 0 Å². The lowest BCUT2D eigenvalue weighted by Crippen LogP contribution is -2.39. The standard InChI is InChI=1S/C22H24BrN3O3S.ClH/c1-28-16-7-8-20-19(15-16)24-22(30-20)26(10-4-9-25-11-13-29-14-12-25)21(27)17-5-2-3-6-18(17)23;/h2-3,5-8,15H,4,9-14H2,1H3;1H. The first-order valence-corrected chi connectivity index (χ1v) is 11.6. The molecule has 1 aromatic heterocycles. The Morgan fingerprint density at radius 3 is 2.77 bits per heavy atom. The van der Waals surface area contributed by atoms with Gasteiger partial charge in [0, 0.05) is 36.7 Å². The number of methoxy groups -OCH3 is 1. The van der Waals surface area contributed by atoms with E-state index < -0.39 is 0 Å². The van der Waals surface area contributed by atoms with E-state index in [1.54, 1.807) is 12.0 Å². The van der Waals surface area contributed by atoms with Gasteiger partial charge in [-0.2, -0.15) is 0 Å². The summed E-state index contributed by atoms with van der Waals surface area (Å²) in [5, 5.41) is 0.709. The Morgan fingerprint density at radius 2 is 2.03 bits per heavy atom. The highest BCUT2D eigenvalue weighted by Crippen LogP contribution is 2.32. The van der Waals surface area contributed by atoms with Gasteiger partial charge in [-0.3, -0.25) is 14.6 Å². The van der Waals surface area contributed by atoms with Crippen molar-refractivity contribution in [1.82, 2.24) is 9.88 Å². The number of halogens is 2. The van der Waals surface area contributed by atoms with E-state index in [0.717, 1.165) is 59.7 Å². The molecule has 2 heterocycles. The molecule has 6 nitrogen and oxygen atoms in total. The van der Waals surface area contributed by atoms with Crippen LogP contribution in [0.1, 0.15) is 16.8 Å². The van der Waals surface area contributed by atoms with Crippen LogP contribution in [0.5, 0.6) is 5.75 Å². The van der Waals surface area contributed by atoms with Gasteiger partial charge in [-0.15, -0.1) is 12.4 Å². The summed E-state index contributed by atoms with van der Waals surface area (Å²) in [5.74, 6) is 0.714. The molecule has 1 aliphatic rings. The van der Waals surface area contributed by atoms with E-state index in [1.165, 1.54) is 11.3 Å². The van der Waals surface area contributed by atoms with Gasteiger partial charge >= 0.3 is 0 Å². The molecule has 31 heavy (non-hydrogen) atoms. The zero-order valence-electron chi connectivity index (χ0n) is 17.3. The number of amides is 1. The average molecular weight is 527 g/mol. The number of hydrogen-bond donors (Lipinski definition) is 0. The van der Waals surface area contributed by atoms with Gasteiger partial charge in [-0.25, -0.2) is 4.98 Å². The van der Waals surface area contributed by atoms with E-state index in [-0.39, 0.29) is 18.3 Å². The largest absolute Gasteiger partial charge is 0.497 e. The minimum Gasteiger partial charge on any atom is -0.497 e. The van der Waals surface area contributed by atoms with Crippen LogP contribution in [0.4, 0.5) is 5.13 Å². The van der Waals surface area contributed by atoms with Crippen LogP contribution >= 0.6 is 39.7 Å². The highest BCUT2D eigenvalue weighted by molar-refractivity contribution is 9.10. The average Bonchev–Trinajstić information content (AvgIpc) is 3.20. The van der Waals surface area contributed by atoms with Gasteiger partial charge in [-0.1, -0.05) is 23.5 Å². The summed E-state index contributed by atoms with van der Waals surface area (Å²) in [4.78, 5) is 22.4. The summed E-state index contributed by atoms with van der Waals surface area (Å²) in [5.41, 5.74) is 1.48. The predicted molar refractivity (Wildman–Crippen MR) is 131 cm³/mol. The Balaban J connectivity index is 0.00000272. The maximum atomic E-state index is 13.5. The number of thiazole rings is 1. The van der Waals surface area contributed by atoms with Crippen molar-refractivity contribution in [3.63, 3.8) is 0 Å². The first kappa shape index (κ1) is 23.9. The third-order valence-corrected chi connectivity index (χ3v) is 6.87. The molecule has 1 saturated heterocycles. The van der Waals surface area contributed by atoms with Crippen LogP contribution < -0.4 is 9.64 Å². The van der Waals surface area contributed by atoms with E-state index in [1.807, 2.05) is 42.5 Å². The minimum absolute atomic E-state index is 0. The van der Waals surface area contributed by atoms with Crippen molar-refractivity contribution in [2.45, 2.75) is 6.42 Å². The van der Waals surface area contributed by atoms with Gasteiger partial charge in [0.05, 0.1) is 36.1 Å². The fraction of sp³-hybridized carbons (Fsp3) is 0.364. The molecule has 0 atom stereocenters. The molecule has 1 amide bonds. The number of carbonyl (C=O) groups is 1. The van der Waals surface area contributed by atoms with E-state index in [0.29, 0.717) is 17.2 Å². The summed E-state index contributed by atoms with van der Waals surface area (Å²) in [6.45, 7) is 4.98. The Labute approximate surface area is 200 Å². The number of benzene rings is 2. The Hall–Kier alpha value is -1.71. The third-order valence-electron chi connectivity index (χ3n) is 5.12.